The van der Waals surface area contributed by atoms with Crippen LogP contribution in [-0.2, 0) is 0 Å². The maximum absolute atomic E-state index is 11.8. The third-order valence-corrected chi connectivity index (χ3v) is 3.62. The number of nitrogens with one attached hydrogen (secondary N) is 1. The van der Waals surface area contributed by atoms with E-state index in [1.54, 1.807) is 13.2 Å². The second-order valence-electron chi connectivity index (χ2n) is 4.63. The van der Waals surface area contributed by atoms with Crippen molar-refractivity contribution in [1.82, 2.24) is 4.98 Å². The summed E-state index contributed by atoms with van der Waals surface area (Å²) in [6.07, 6.45) is 0. The number of ether oxygens (including phenoxy) is 1. The summed E-state index contributed by atoms with van der Waals surface area (Å²) in [4.78, 5) is 14.8. The summed E-state index contributed by atoms with van der Waals surface area (Å²) in [7, 11) is 1.59. The van der Waals surface area contributed by atoms with Crippen molar-refractivity contribution in [2.45, 2.75) is 0 Å². The van der Waals surface area contributed by atoms with Gasteiger partial charge in [0.05, 0.1) is 7.11 Å². The van der Waals surface area contributed by atoms with Crippen LogP contribution in [0.15, 0.2) is 42.5 Å². The molecule has 5 heteroatoms. The third kappa shape index (κ3) is 2.23. The lowest BCUT2D eigenvalue weighted by atomic mass is 10.0. The van der Waals surface area contributed by atoms with Crippen molar-refractivity contribution in [3.8, 4) is 16.9 Å². The van der Waals surface area contributed by atoms with E-state index < -0.39 is 5.91 Å². The molecule has 21 heavy (non-hydrogen) atoms. The highest BCUT2D eigenvalue weighted by Crippen LogP contribution is 2.38. The van der Waals surface area contributed by atoms with Crippen molar-refractivity contribution in [3.05, 3.63) is 53.2 Å². The van der Waals surface area contributed by atoms with Gasteiger partial charge in [-0.3, -0.25) is 4.79 Å². The van der Waals surface area contributed by atoms with Gasteiger partial charge in [0.15, 0.2) is 0 Å². The van der Waals surface area contributed by atoms with E-state index in [1.165, 1.54) is 0 Å². The number of H-pyrrole nitrogens is 1. The predicted molar refractivity (Wildman–Crippen MR) is 83.8 cm³/mol. The van der Waals surface area contributed by atoms with E-state index in [0.29, 0.717) is 22.0 Å². The quantitative estimate of drug-likeness (QED) is 0.776. The highest BCUT2D eigenvalue weighted by molar-refractivity contribution is 6.31. The molecule has 0 saturated heterocycles. The topological polar surface area (TPSA) is 68.1 Å². The smallest absolute Gasteiger partial charge is 0.265 e. The van der Waals surface area contributed by atoms with Gasteiger partial charge in [0, 0.05) is 27.1 Å². The lowest BCUT2D eigenvalue weighted by Crippen LogP contribution is -2.12. The van der Waals surface area contributed by atoms with Gasteiger partial charge in [0.25, 0.3) is 5.91 Å². The number of hydrogen-bond donors (Lipinski definition) is 2. The first-order valence-electron chi connectivity index (χ1n) is 6.36. The molecule has 106 valence electrons. The van der Waals surface area contributed by atoms with Crippen LogP contribution in [-0.4, -0.2) is 18.0 Å². The number of carbonyl (C=O) groups is 1. The number of primary amides is 1. The van der Waals surface area contributed by atoms with Gasteiger partial charge < -0.3 is 15.5 Å². The molecule has 0 bridgehead atoms. The number of rotatable bonds is 3. The largest absolute Gasteiger partial charge is 0.496 e. The van der Waals surface area contributed by atoms with Gasteiger partial charge in [-0.25, -0.2) is 0 Å². The first-order chi connectivity index (χ1) is 10.1. The fourth-order valence-corrected chi connectivity index (χ4v) is 2.65. The predicted octanol–water partition coefficient (Wildman–Crippen LogP) is 3.60. The second-order valence-corrected chi connectivity index (χ2v) is 5.07. The average Bonchev–Trinajstić information content (AvgIpc) is 2.85. The number of hydrogen-bond acceptors (Lipinski definition) is 2. The molecule has 0 atom stereocenters. The molecule has 2 aromatic carbocycles. The summed E-state index contributed by atoms with van der Waals surface area (Å²) in [5.41, 5.74) is 8.15. The van der Waals surface area contributed by atoms with Gasteiger partial charge in [0.1, 0.15) is 11.4 Å². The average molecular weight is 301 g/mol. The van der Waals surface area contributed by atoms with Gasteiger partial charge >= 0.3 is 0 Å². The first-order valence-corrected chi connectivity index (χ1v) is 6.74. The highest BCUT2D eigenvalue weighted by atomic mass is 35.5. The van der Waals surface area contributed by atoms with Crippen LogP contribution >= 0.6 is 11.6 Å². The summed E-state index contributed by atoms with van der Waals surface area (Å²) < 4.78 is 5.38. The Morgan fingerprint density at radius 1 is 1.24 bits per heavy atom. The van der Waals surface area contributed by atoms with Crippen LogP contribution in [0, 0.1) is 0 Å². The summed E-state index contributed by atoms with van der Waals surface area (Å²) in [5.74, 6) is 0.143. The van der Waals surface area contributed by atoms with Gasteiger partial charge in [0.2, 0.25) is 0 Å². The summed E-state index contributed by atoms with van der Waals surface area (Å²) in [5, 5.41) is 1.43. The zero-order valence-electron chi connectivity index (χ0n) is 11.3. The minimum absolute atomic E-state index is 0.344. The third-order valence-electron chi connectivity index (χ3n) is 3.38. The Morgan fingerprint density at radius 2 is 2.00 bits per heavy atom. The van der Waals surface area contributed by atoms with E-state index in [-0.39, 0.29) is 0 Å². The molecule has 0 aliphatic heterocycles. The maximum Gasteiger partial charge on any atom is 0.265 e. The Morgan fingerprint density at radius 3 is 2.71 bits per heavy atom. The van der Waals surface area contributed by atoms with Crippen molar-refractivity contribution < 1.29 is 9.53 Å². The van der Waals surface area contributed by atoms with E-state index >= 15 is 0 Å². The maximum atomic E-state index is 11.8. The summed E-state index contributed by atoms with van der Waals surface area (Å²) >= 11 is 6.08. The Balaban J connectivity index is 2.41. The first kappa shape index (κ1) is 13.5. The van der Waals surface area contributed by atoms with Crippen molar-refractivity contribution in [2.75, 3.05) is 7.11 Å². The molecule has 4 nitrogen and oxygen atoms in total. The molecule has 3 rings (SSSR count). The lowest BCUT2D eigenvalue weighted by molar-refractivity contribution is 0.0997. The fraction of sp³-hybridized carbons (Fsp3) is 0.0625. The zero-order valence-corrected chi connectivity index (χ0v) is 12.1. The number of para-hydroxylation sites is 1. The Hall–Kier alpha value is -2.46. The molecule has 3 aromatic rings. The van der Waals surface area contributed by atoms with Gasteiger partial charge in [-0.2, -0.15) is 0 Å². The normalized spacial score (nSPS) is 10.8. The molecule has 0 aliphatic rings. The van der Waals surface area contributed by atoms with Crippen molar-refractivity contribution in [2.24, 2.45) is 5.73 Å². The molecule has 1 heterocycles. The van der Waals surface area contributed by atoms with Gasteiger partial charge in [-0.15, -0.1) is 0 Å². The van der Waals surface area contributed by atoms with Crippen LogP contribution in [0.3, 0.4) is 0 Å². The van der Waals surface area contributed by atoms with E-state index in [9.17, 15) is 4.79 Å². The molecule has 1 aromatic heterocycles. The number of aromatic amines is 1. The molecule has 0 spiro atoms. The molecule has 0 aliphatic carbocycles. The molecule has 0 fully saturated rings. The SMILES string of the molecule is COc1ccccc1-c1c(C(N)=O)[nH]c2ccc(Cl)cc12. The van der Waals surface area contributed by atoms with Crippen LogP contribution in [0.4, 0.5) is 0 Å². The number of methoxy groups -OCH3 is 1. The van der Waals surface area contributed by atoms with Crippen LogP contribution in [0.25, 0.3) is 22.0 Å². The minimum Gasteiger partial charge on any atom is -0.496 e. The molecule has 3 N–H and O–H groups in total. The molecular formula is C16H13ClN2O2. The van der Waals surface area contributed by atoms with Gasteiger partial charge in [-0.05, 0) is 24.3 Å². The van der Waals surface area contributed by atoms with E-state index in [1.807, 2.05) is 36.4 Å². The van der Waals surface area contributed by atoms with E-state index in [0.717, 1.165) is 16.5 Å². The molecule has 0 radical (unpaired) electrons. The zero-order chi connectivity index (χ0) is 15.0. The number of benzene rings is 2. The van der Waals surface area contributed by atoms with Crippen LogP contribution in [0.1, 0.15) is 10.5 Å². The number of carbonyl (C=O) groups excluding carboxylic acids is 1. The minimum atomic E-state index is -0.525. The number of aromatic nitrogens is 1. The Labute approximate surface area is 126 Å². The molecule has 0 saturated carbocycles. The number of amides is 1. The van der Waals surface area contributed by atoms with Crippen molar-refractivity contribution >= 4 is 28.4 Å². The second kappa shape index (κ2) is 5.14. The van der Waals surface area contributed by atoms with E-state index in [4.69, 9.17) is 22.1 Å². The molecule has 1 amide bonds. The number of nitrogens with two attached hydrogens (primary N) is 1. The fourth-order valence-electron chi connectivity index (χ4n) is 2.48. The van der Waals surface area contributed by atoms with E-state index in [2.05, 4.69) is 4.98 Å². The Kier molecular flexibility index (Phi) is 3.31. The molecular weight excluding hydrogens is 288 g/mol. The van der Waals surface area contributed by atoms with Crippen molar-refractivity contribution in [1.29, 1.82) is 0 Å². The molecule has 0 unspecified atom stereocenters. The standard InChI is InChI=1S/C16H13ClN2O2/c1-21-13-5-3-2-4-10(13)14-11-8-9(17)6-7-12(11)19-15(14)16(18)20/h2-8,19H,1H3,(H2,18,20). The number of fused-ring (bicyclic) bond motifs is 1. The lowest BCUT2D eigenvalue weighted by Gasteiger charge is -2.09. The van der Waals surface area contributed by atoms with Crippen LogP contribution in [0.2, 0.25) is 5.02 Å². The monoisotopic (exact) mass is 300 g/mol. The van der Waals surface area contributed by atoms with Crippen molar-refractivity contribution in [3.63, 3.8) is 0 Å². The van der Waals surface area contributed by atoms with Crippen LogP contribution < -0.4 is 10.5 Å². The van der Waals surface area contributed by atoms with Crippen LogP contribution in [0.5, 0.6) is 5.75 Å². The summed E-state index contributed by atoms with van der Waals surface area (Å²) in [6.45, 7) is 0. The highest BCUT2D eigenvalue weighted by Gasteiger charge is 2.19. The Bertz CT molecular complexity index is 839. The number of halogens is 1. The summed E-state index contributed by atoms with van der Waals surface area (Å²) in [6, 6.07) is 12.9. The van der Waals surface area contributed by atoms with Gasteiger partial charge in [-0.1, -0.05) is 29.8 Å².